The number of hydrogen-bond donors (Lipinski definition) is 0. The molecule has 0 atom stereocenters. The van der Waals surface area contributed by atoms with Crippen molar-refractivity contribution in [2.75, 3.05) is 121 Å². The normalized spacial score (nSPS) is 11.7. The van der Waals surface area contributed by atoms with Crippen molar-refractivity contribution >= 4 is 17.9 Å². The maximum absolute atomic E-state index is 12.8. The Morgan fingerprint density at radius 3 is 0.686 bits per heavy atom. The van der Waals surface area contributed by atoms with E-state index in [1.54, 1.807) is 0 Å². The van der Waals surface area contributed by atoms with Crippen LogP contribution in [0.1, 0.15) is 233 Å². The van der Waals surface area contributed by atoms with Gasteiger partial charge in [-0.15, -0.1) is 0 Å². The number of carbonyl (C=O) groups is 3. The number of ether oxygens (including phenoxy) is 3. The molecule has 0 radical (unpaired) electrons. The first kappa shape index (κ1) is 76.2. The molecule has 0 fully saturated rings. The van der Waals surface area contributed by atoms with Gasteiger partial charge in [0.15, 0.2) is 19.6 Å². The van der Waals surface area contributed by atoms with Crippen molar-refractivity contribution in [2.45, 2.75) is 233 Å². The van der Waals surface area contributed by atoms with Gasteiger partial charge >= 0.3 is 17.9 Å². The lowest BCUT2D eigenvalue weighted by Gasteiger charge is -2.32. The largest absolute Gasteiger partial charge is 1.00 e. The van der Waals surface area contributed by atoms with Gasteiger partial charge in [-0.3, -0.25) is 0 Å². The highest BCUT2D eigenvalue weighted by atomic mass is 79.9. The van der Waals surface area contributed by atoms with E-state index in [2.05, 4.69) is 68.0 Å². The molecule has 0 aromatic heterocycles. The second-order valence-corrected chi connectivity index (χ2v) is 22.6. The Balaban J connectivity index is -0.00000726. The molecule has 0 saturated carbocycles. The standard InChI is InChI=1S/C57H117N4O6.3BrH/c1-10-13-16-19-22-25-28-31-34-37-49-65-55(62)52-59(4,5)46-40-43-58(44-41-47-60(6,7)53-56(63)66-50-38-35-32-29-26-23-20-17-14-11-2)45-42-48-61(8,9)54-57(64)67-51-39-36-33-30-27-24-21-18-15-12-3;;;/h10-54H2,1-9H3;3*1H/q+3;;;/p-3. The molecular formula is C57H117Br3N4O6. The molecule has 0 unspecified atom stereocenters. The van der Waals surface area contributed by atoms with Gasteiger partial charge in [0.1, 0.15) is 0 Å². The molecule has 0 rings (SSSR count). The van der Waals surface area contributed by atoms with Crippen LogP contribution in [0.3, 0.4) is 0 Å². The van der Waals surface area contributed by atoms with Gasteiger partial charge in [0.25, 0.3) is 0 Å². The molecule has 10 nitrogen and oxygen atoms in total. The summed E-state index contributed by atoms with van der Waals surface area (Å²) in [6.07, 6.45) is 41.0. The lowest BCUT2D eigenvalue weighted by Crippen LogP contribution is -3.00. The van der Waals surface area contributed by atoms with Gasteiger partial charge in [-0.05, 0) is 19.3 Å². The number of quaternary nitrogens is 3. The highest BCUT2D eigenvalue weighted by Gasteiger charge is 2.25. The molecule has 13 heteroatoms. The van der Waals surface area contributed by atoms with Gasteiger partial charge in [0.05, 0.1) is 81.7 Å². The summed E-state index contributed by atoms with van der Waals surface area (Å²) in [5.74, 6) is -0.287. The predicted octanol–water partition coefficient (Wildman–Crippen LogP) is 4.09. The average Bonchev–Trinajstić information content (AvgIpc) is 3.25. The van der Waals surface area contributed by atoms with Crippen molar-refractivity contribution in [3.8, 4) is 0 Å². The second-order valence-electron chi connectivity index (χ2n) is 22.6. The molecule has 70 heavy (non-hydrogen) atoms. The smallest absolute Gasteiger partial charge is 0.361 e. The van der Waals surface area contributed by atoms with E-state index in [4.69, 9.17) is 14.2 Å². The Bertz CT molecular complexity index is 1030. The molecule has 0 aliphatic rings. The summed E-state index contributed by atoms with van der Waals surface area (Å²) in [4.78, 5) is 41.1. The molecule has 0 aliphatic heterocycles. The summed E-state index contributed by atoms with van der Waals surface area (Å²) in [5, 5.41) is 0. The Labute approximate surface area is 466 Å². The highest BCUT2D eigenvalue weighted by Crippen LogP contribution is 2.14. The van der Waals surface area contributed by atoms with Crippen LogP contribution in [0, 0.1) is 0 Å². The number of unbranched alkanes of at least 4 members (excludes halogenated alkanes) is 27. The van der Waals surface area contributed by atoms with Gasteiger partial charge in [0, 0.05) is 38.9 Å². The zero-order chi connectivity index (χ0) is 49.8. The maximum Gasteiger partial charge on any atom is 0.361 e. The molecule has 0 aromatic rings. The fourth-order valence-electron chi connectivity index (χ4n) is 9.25. The quantitative estimate of drug-likeness (QED) is 0.0394. The molecule has 0 amide bonds. The van der Waals surface area contributed by atoms with E-state index in [0.29, 0.717) is 52.9 Å². The van der Waals surface area contributed by atoms with Gasteiger partial charge in [-0.25, -0.2) is 14.4 Å². The van der Waals surface area contributed by atoms with Crippen LogP contribution in [0.15, 0.2) is 0 Å². The van der Waals surface area contributed by atoms with Crippen molar-refractivity contribution < 1.29 is 93.0 Å². The van der Waals surface area contributed by atoms with E-state index < -0.39 is 0 Å². The van der Waals surface area contributed by atoms with Gasteiger partial charge < -0.3 is 83.5 Å². The highest BCUT2D eigenvalue weighted by molar-refractivity contribution is 5.71. The van der Waals surface area contributed by atoms with Crippen molar-refractivity contribution in [2.24, 2.45) is 0 Å². The van der Waals surface area contributed by atoms with E-state index in [-0.39, 0.29) is 68.9 Å². The first-order valence-electron chi connectivity index (χ1n) is 28.8. The SMILES string of the molecule is CCCCCCCCCCCCOC(=O)C[N+](C)(C)CCCN(CCC[N+](C)(C)CC(=O)OCCCCCCCCCCCC)CCC[N+](C)(C)CC(=O)OCCCCCCCCCCCC.[Br-].[Br-].[Br-]. The van der Waals surface area contributed by atoms with Crippen LogP contribution in [0.5, 0.6) is 0 Å². The van der Waals surface area contributed by atoms with E-state index >= 15 is 0 Å². The monoisotopic (exact) mass is 1190 g/mol. The Morgan fingerprint density at radius 2 is 0.486 bits per heavy atom. The summed E-state index contributed by atoms with van der Waals surface area (Å²) in [6, 6.07) is 0. The van der Waals surface area contributed by atoms with E-state index in [9.17, 15) is 14.4 Å². The van der Waals surface area contributed by atoms with Crippen molar-refractivity contribution in [1.29, 1.82) is 0 Å². The lowest BCUT2D eigenvalue weighted by molar-refractivity contribution is -0.883. The summed E-state index contributed by atoms with van der Waals surface area (Å²) < 4.78 is 18.9. The van der Waals surface area contributed by atoms with Crippen LogP contribution >= 0.6 is 0 Å². The Kier molecular flexibility index (Phi) is 56.8. The summed E-state index contributed by atoms with van der Waals surface area (Å²) in [6.45, 7) is 15.0. The molecule has 0 spiro atoms. The van der Waals surface area contributed by atoms with Gasteiger partial charge in [-0.2, -0.15) is 0 Å². The fraction of sp³-hybridized carbons (Fsp3) is 0.947. The Morgan fingerprint density at radius 1 is 0.300 bits per heavy atom. The Hall–Kier alpha value is -0.310. The van der Waals surface area contributed by atoms with Crippen molar-refractivity contribution in [3.05, 3.63) is 0 Å². The molecule has 0 bridgehead atoms. The number of carbonyl (C=O) groups excluding carboxylic acids is 3. The van der Waals surface area contributed by atoms with Crippen LogP contribution in [0.25, 0.3) is 0 Å². The van der Waals surface area contributed by atoms with Crippen LogP contribution in [-0.2, 0) is 28.6 Å². The summed E-state index contributed by atoms with van der Waals surface area (Å²) in [7, 11) is 12.8. The van der Waals surface area contributed by atoms with E-state index in [1.807, 2.05) is 0 Å². The van der Waals surface area contributed by atoms with Crippen LogP contribution < -0.4 is 50.9 Å². The molecule has 422 valence electrons. The summed E-state index contributed by atoms with van der Waals surface area (Å²) >= 11 is 0. The predicted molar refractivity (Wildman–Crippen MR) is 284 cm³/mol. The zero-order valence-electron chi connectivity index (χ0n) is 47.7. The first-order chi connectivity index (χ1) is 32.1. The molecule has 0 saturated heterocycles. The topological polar surface area (TPSA) is 82.1 Å². The third kappa shape index (κ3) is 54.0. The van der Waals surface area contributed by atoms with Crippen LogP contribution in [-0.4, -0.2) is 157 Å². The number of rotatable bonds is 51. The van der Waals surface area contributed by atoms with Crippen LogP contribution in [0.4, 0.5) is 0 Å². The molecule has 0 aliphatic carbocycles. The second kappa shape index (κ2) is 52.1. The van der Waals surface area contributed by atoms with Gasteiger partial charge in [0.2, 0.25) is 0 Å². The average molecular weight is 1190 g/mol. The lowest BCUT2D eigenvalue weighted by atomic mass is 10.1. The molecule has 0 aromatic carbocycles. The summed E-state index contributed by atoms with van der Waals surface area (Å²) in [5.41, 5.74) is 0. The zero-order valence-corrected chi connectivity index (χ0v) is 52.5. The van der Waals surface area contributed by atoms with E-state index in [1.165, 1.54) is 154 Å². The number of nitrogens with zero attached hydrogens (tertiary/aromatic N) is 4. The van der Waals surface area contributed by atoms with Gasteiger partial charge in [-0.1, -0.05) is 194 Å². The number of likely N-dealkylation sites (N-methyl/N-ethyl adjacent to an activating group) is 3. The molecule has 0 N–H and O–H groups in total. The van der Waals surface area contributed by atoms with Crippen molar-refractivity contribution in [3.63, 3.8) is 0 Å². The van der Waals surface area contributed by atoms with Crippen LogP contribution in [0.2, 0.25) is 0 Å². The number of esters is 3. The fourth-order valence-corrected chi connectivity index (χ4v) is 9.25. The van der Waals surface area contributed by atoms with E-state index in [0.717, 1.165) is 97.1 Å². The molecule has 0 heterocycles. The minimum Gasteiger partial charge on any atom is -1.00 e. The van der Waals surface area contributed by atoms with Crippen molar-refractivity contribution in [1.82, 2.24) is 4.90 Å². The third-order valence-electron chi connectivity index (χ3n) is 13.7. The third-order valence-corrected chi connectivity index (χ3v) is 13.7. The maximum atomic E-state index is 12.8. The minimum atomic E-state index is -0.0955. The number of hydrogen-bond acceptors (Lipinski definition) is 7. The minimum absolute atomic E-state index is 0. The molecular weight excluding hydrogens is 1080 g/mol. The first-order valence-corrected chi connectivity index (χ1v) is 28.8. The number of halogens is 3.